The van der Waals surface area contributed by atoms with Crippen LogP contribution in [-0.4, -0.2) is 24.4 Å². The standard InChI is InChI=1S/C19H17F2NO3/c1-11-15-7-6-14(21)9-16(15)22(18(25-2)17(11)19(23)24)10-12-4-3-5-13(20)8-12/h3-9,18H,10H2,1-2H3,(H,23,24). The highest BCUT2D eigenvalue weighted by atomic mass is 19.1. The average Bonchev–Trinajstić information content (AvgIpc) is 2.56. The van der Waals surface area contributed by atoms with E-state index in [0.717, 1.165) is 0 Å². The minimum absolute atomic E-state index is 0.0815. The van der Waals surface area contributed by atoms with Crippen LogP contribution in [0.5, 0.6) is 0 Å². The molecule has 1 unspecified atom stereocenters. The van der Waals surface area contributed by atoms with Crippen molar-refractivity contribution >= 4 is 17.2 Å². The Labute approximate surface area is 144 Å². The number of nitrogens with zero attached hydrogens (tertiary/aromatic N) is 1. The van der Waals surface area contributed by atoms with E-state index in [0.29, 0.717) is 22.4 Å². The van der Waals surface area contributed by atoms with Gasteiger partial charge >= 0.3 is 5.97 Å². The number of carbonyl (C=O) groups is 1. The highest BCUT2D eigenvalue weighted by Crippen LogP contribution is 2.39. The van der Waals surface area contributed by atoms with Gasteiger partial charge in [0.1, 0.15) is 11.6 Å². The lowest BCUT2D eigenvalue weighted by molar-refractivity contribution is -0.134. The third-order valence-corrected chi connectivity index (χ3v) is 4.30. The van der Waals surface area contributed by atoms with E-state index in [4.69, 9.17) is 4.74 Å². The van der Waals surface area contributed by atoms with Crippen LogP contribution in [0.4, 0.5) is 14.5 Å². The molecule has 0 aromatic heterocycles. The first-order chi connectivity index (χ1) is 11.9. The number of hydrogen-bond acceptors (Lipinski definition) is 3. The Morgan fingerprint density at radius 2 is 1.92 bits per heavy atom. The highest BCUT2D eigenvalue weighted by Gasteiger charge is 2.35. The molecule has 6 heteroatoms. The molecule has 1 aliphatic rings. The van der Waals surface area contributed by atoms with Crippen molar-refractivity contribution in [1.29, 1.82) is 0 Å². The normalized spacial score (nSPS) is 16.8. The molecule has 0 aliphatic carbocycles. The summed E-state index contributed by atoms with van der Waals surface area (Å²) in [7, 11) is 1.39. The molecule has 0 bridgehead atoms. The van der Waals surface area contributed by atoms with Crippen LogP contribution in [0.15, 0.2) is 48.0 Å². The number of aliphatic carboxylic acids is 1. The van der Waals surface area contributed by atoms with Crippen molar-refractivity contribution in [2.24, 2.45) is 0 Å². The SMILES string of the molecule is COC1C(C(=O)O)=C(C)c2ccc(F)cc2N1Cc1cccc(F)c1. The molecule has 0 saturated heterocycles. The number of anilines is 1. The zero-order chi connectivity index (χ0) is 18.1. The first-order valence-corrected chi connectivity index (χ1v) is 7.70. The fourth-order valence-corrected chi connectivity index (χ4v) is 3.18. The molecule has 2 aromatic rings. The highest BCUT2D eigenvalue weighted by molar-refractivity contribution is 6.01. The second-order valence-corrected chi connectivity index (χ2v) is 5.85. The lowest BCUT2D eigenvalue weighted by atomic mass is 9.92. The Morgan fingerprint density at radius 3 is 2.56 bits per heavy atom. The van der Waals surface area contributed by atoms with Gasteiger partial charge < -0.3 is 14.7 Å². The third kappa shape index (κ3) is 3.13. The monoisotopic (exact) mass is 345 g/mol. The van der Waals surface area contributed by atoms with Crippen molar-refractivity contribution in [2.75, 3.05) is 12.0 Å². The minimum atomic E-state index is -1.11. The number of carboxylic acid groups (broad SMARTS) is 1. The Hall–Kier alpha value is -2.73. The smallest absolute Gasteiger partial charge is 0.336 e. The van der Waals surface area contributed by atoms with Crippen LogP contribution in [0, 0.1) is 11.6 Å². The van der Waals surface area contributed by atoms with Gasteiger partial charge in [0, 0.05) is 24.9 Å². The van der Waals surface area contributed by atoms with Gasteiger partial charge in [-0.1, -0.05) is 12.1 Å². The van der Waals surface area contributed by atoms with Gasteiger partial charge in [-0.2, -0.15) is 0 Å². The summed E-state index contributed by atoms with van der Waals surface area (Å²) in [5, 5.41) is 9.62. The van der Waals surface area contributed by atoms with Crippen LogP contribution >= 0.6 is 0 Å². The van der Waals surface area contributed by atoms with Crippen molar-refractivity contribution in [3.8, 4) is 0 Å². The fourth-order valence-electron chi connectivity index (χ4n) is 3.18. The largest absolute Gasteiger partial charge is 0.478 e. The Kier molecular flexibility index (Phi) is 4.55. The summed E-state index contributed by atoms with van der Waals surface area (Å²) in [5.41, 5.74) is 2.35. The number of benzene rings is 2. The zero-order valence-corrected chi connectivity index (χ0v) is 13.8. The lowest BCUT2D eigenvalue weighted by Crippen LogP contribution is -2.43. The van der Waals surface area contributed by atoms with Crippen molar-refractivity contribution in [1.82, 2.24) is 0 Å². The number of methoxy groups -OCH3 is 1. The van der Waals surface area contributed by atoms with Gasteiger partial charge in [-0.15, -0.1) is 0 Å². The summed E-state index contributed by atoms with van der Waals surface area (Å²) in [6.45, 7) is 1.85. The van der Waals surface area contributed by atoms with E-state index in [1.807, 2.05) is 0 Å². The average molecular weight is 345 g/mol. The second-order valence-electron chi connectivity index (χ2n) is 5.85. The van der Waals surface area contributed by atoms with Crippen LogP contribution < -0.4 is 4.90 Å². The van der Waals surface area contributed by atoms with Crippen LogP contribution in [0.3, 0.4) is 0 Å². The van der Waals surface area contributed by atoms with Crippen molar-refractivity contribution in [3.63, 3.8) is 0 Å². The Bertz CT molecular complexity index is 863. The van der Waals surface area contributed by atoms with E-state index >= 15 is 0 Å². The van der Waals surface area contributed by atoms with Crippen molar-refractivity contribution in [3.05, 3.63) is 70.8 Å². The molecule has 1 atom stereocenters. The molecule has 0 amide bonds. The molecule has 3 rings (SSSR count). The maximum Gasteiger partial charge on any atom is 0.336 e. The topological polar surface area (TPSA) is 49.8 Å². The minimum Gasteiger partial charge on any atom is -0.478 e. The van der Waals surface area contributed by atoms with Crippen LogP contribution in [-0.2, 0) is 16.1 Å². The first kappa shape index (κ1) is 17.1. The molecular weight excluding hydrogens is 328 g/mol. The molecule has 0 radical (unpaired) electrons. The first-order valence-electron chi connectivity index (χ1n) is 7.70. The second kappa shape index (κ2) is 6.64. The molecule has 1 heterocycles. The van der Waals surface area contributed by atoms with E-state index in [2.05, 4.69) is 0 Å². The summed E-state index contributed by atoms with van der Waals surface area (Å²) in [4.78, 5) is 13.4. The molecule has 25 heavy (non-hydrogen) atoms. The molecule has 2 aromatic carbocycles. The van der Waals surface area contributed by atoms with E-state index in [9.17, 15) is 18.7 Å². The van der Waals surface area contributed by atoms with Gasteiger partial charge in [0.2, 0.25) is 0 Å². The third-order valence-electron chi connectivity index (χ3n) is 4.30. The van der Waals surface area contributed by atoms with Crippen molar-refractivity contribution < 1.29 is 23.4 Å². The maximum absolute atomic E-state index is 13.8. The molecule has 130 valence electrons. The van der Waals surface area contributed by atoms with Gasteiger partial charge in [0.05, 0.1) is 5.57 Å². The maximum atomic E-state index is 13.8. The van der Waals surface area contributed by atoms with Gasteiger partial charge in [0.15, 0.2) is 6.23 Å². The molecule has 0 spiro atoms. The zero-order valence-electron chi connectivity index (χ0n) is 13.8. The summed E-state index contributed by atoms with van der Waals surface area (Å²) < 4.78 is 32.8. The Morgan fingerprint density at radius 1 is 1.20 bits per heavy atom. The number of allylic oxidation sites excluding steroid dienone is 1. The molecule has 0 saturated carbocycles. The van der Waals surface area contributed by atoms with Crippen LogP contribution in [0.2, 0.25) is 0 Å². The lowest BCUT2D eigenvalue weighted by Gasteiger charge is -2.38. The number of hydrogen-bond donors (Lipinski definition) is 1. The van der Waals surface area contributed by atoms with Crippen molar-refractivity contribution in [2.45, 2.75) is 19.7 Å². The van der Waals surface area contributed by atoms with Gasteiger partial charge in [-0.3, -0.25) is 0 Å². The van der Waals surface area contributed by atoms with E-state index in [1.165, 1.54) is 31.4 Å². The molecule has 4 nitrogen and oxygen atoms in total. The predicted molar refractivity (Wildman–Crippen MR) is 90.0 cm³/mol. The van der Waals surface area contributed by atoms with E-state index in [-0.39, 0.29) is 12.1 Å². The fraction of sp³-hybridized carbons (Fsp3) is 0.211. The molecule has 0 fully saturated rings. The van der Waals surface area contributed by atoms with Gasteiger partial charge in [-0.25, -0.2) is 13.6 Å². The van der Waals surface area contributed by atoms with Gasteiger partial charge in [0.25, 0.3) is 0 Å². The summed E-state index contributed by atoms with van der Waals surface area (Å²) in [6, 6.07) is 10.2. The molecular formula is C19H17F2NO3. The van der Waals surface area contributed by atoms with E-state index in [1.54, 1.807) is 30.0 Å². The molecule has 1 N–H and O–H groups in total. The summed E-state index contributed by atoms with van der Waals surface area (Å²) in [5.74, 6) is -1.94. The molecule has 1 aliphatic heterocycles. The quantitative estimate of drug-likeness (QED) is 0.915. The number of halogens is 2. The van der Waals surface area contributed by atoms with Crippen LogP contribution in [0.1, 0.15) is 18.1 Å². The summed E-state index contributed by atoms with van der Waals surface area (Å²) in [6.07, 6.45) is -0.907. The predicted octanol–water partition coefficient (Wildman–Crippen LogP) is 3.82. The Balaban J connectivity index is 2.15. The van der Waals surface area contributed by atoms with Gasteiger partial charge in [-0.05, 0) is 48.4 Å². The van der Waals surface area contributed by atoms with E-state index < -0.39 is 23.8 Å². The number of fused-ring (bicyclic) bond motifs is 1. The van der Waals surface area contributed by atoms with Crippen LogP contribution in [0.25, 0.3) is 5.57 Å². The number of rotatable bonds is 4. The number of carboxylic acids is 1. The summed E-state index contributed by atoms with van der Waals surface area (Å²) >= 11 is 0. The number of ether oxygens (including phenoxy) is 1.